The number of ether oxygens (including phenoxy) is 2. The zero-order chi connectivity index (χ0) is 20.8. The third kappa shape index (κ3) is 6.69. The summed E-state index contributed by atoms with van der Waals surface area (Å²) in [5.41, 5.74) is -2.02. The molecule has 27 heavy (non-hydrogen) atoms. The van der Waals surface area contributed by atoms with E-state index >= 15 is 0 Å². The smallest absolute Gasteiger partial charge is 0.408 e. The van der Waals surface area contributed by atoms with Gasteiger partial charge in [-0.2, -0.15) is 0 Å². The molecule has 0 saturated carbocycles. The number of carbonyl (C=O) groups is 3. The molecule has 1 amide bonds. The number of phenolic OH excluding ortho intramolecular Hbond substituents is 2. The largest absolute Gasteiger partial charge is 0.504 e. The number of hydrogen-bond acceptors (Lipinski definition) is 7. The fraction of sp³-hybridized carbons (Fsp3) is 0.500. The van der Waals surface area contributed by atoms with E-state index in [-0.39, 0.29) is 25.4 Å². The summed E-state index contributed by atoms with van der Waals surface area (Å²) in [5, 5.41) is 30.5. The molecule has 150 valence electrons. The van der Waals surface area contributed by atoms with E-state index in [0.29, 0.717) is 5.56 Å². The number of carboxylic acids is 1. The van der Waals surface area contributed by atoms with Crippen LogP contribution in [0, 0.1) is 5.41 Å². The normalized spacial score (nSPS) is 13.3. The number of aromatic hydroxyl groups is 2. The van der Waals surface area contributed by atoms with Crippen LogP contribution in [0.4, 0.5) is 4.79 Å². The number of alkyl carbamates (subject to hydrolysis) is 1. The van der Waals surface area contributed by atoms with E-state index in [0.717, 1.165) is 0 Å². The Kier molecular flexibility index (Phi) is 7.04. The van der Waals surface area contributed by atoms with Gasteiger partial charge in [-0.3, -0.25) is 4.79 Å². The van der Waals surface area contributed by atoms with Crippen LogP contribution in [0.1, 0.15) is 33.3 Å². The molecule has 1 atom stereocenters. The fourth-order valence-electron chi connectivity index (χ4n) is 2.01. The lowest BCUT2D eigenvalue weighted by Crippen LogP contribution is -2.54. The molecule has 0 aliphatic heterocycles. The van der Waals surface area contributed by atoms with Gasteiger partial charge in [0.2, 0.25) is 0 Å². The summed E-state index contributed by atoms with van der Waals surface area (Å²) in [6, 6.07) is 3.85. The highest BCUT2D eigenvalue weighted by atomic mass is 16.6. The average Bonchev–Trinajstić information content (AvgIpc) is 2.53. The Morgan fingerprint density at radius 3 is 2.11 bits per heavy atom. The van der Waals surface area contributed by atoms with E-state index in [1.165, 1.54) is 25.1 Å². The predicted molar refractivity (Wildman–Crippen MR) is 94.4 cm³/mol. The molecule has 0 spiro atoms. The van der Waals surface area contributed by atoms with Crippen molar-refractivity contribution in [2.75, 3.05) is 13.2 Å². The maximum atomic E-state index is 11.9. The zero-order valence-electron chi connectivity index (χ0n) is 15.7. The second kappa shape index (κ2) is 8.61. The highest BCUT2D eigenvalue weighted by Crippen LogP contribution is 2.27. The summed E-state index contributed by atoms with van der Waals surface area (Å²) in [7, 11) is 0. The Morgan fingerprint density at radius 2 is 1.59 bits per heavy atom. The second-order valence-corrected chi connectivity index (χ2v) is 7.28. The molecule has 0 aliphatic rings. The summed E-state index contributed by atoms with van der Waals surface area (Å²) in [6.07, 6.45) is -1.15. The van der Waals surface area contributed by atoms with Gasteiger partial charge >= 0.3 is 18.0 Å². The molecule has 0 heterocycles. The molecule has 1 rings (SSSR count). The summed E-state index contributed by atoms with van der Waals surface area (Å²) in [6.45, 7) is 5.94. The van der Waals surface area contributed by atoms with Gasteiger partial charge in [-0.1, -0.05) is 6.07 Å². The minimum Gasteiger partial charge on any atom is -0.504 e. The number of aliphatic carboxylic acids is 1. The van der Waals surface area contributed by atoms with Gasteiger partial charge in [0, 0.05) is 6.42 Å². The Bertz CT molecular complexity index is 710. The fourth-order valence-corrected chi connectivity index (χ4v) is 2.01. The zero-order valence-corrected chi connectivity index (χ0v) is 15.7. The van der Waals surface area contributed by atoms with E-state index < -0.39 is 34.7 Å². The van der Waals surface area contributed by atoms with E-state index in [9.17, 15) is 29.7 Å². The van der Waals surface area contributed by atoms with Crippen molar-refractivity contribution in [1.82, 2.24) is 5.32 Å². The number of nitrogens with one attached hydrogen (secondary N) is 1. The van der Waals surface area contributed by atoms with Crippen molar-refractivity contribution in [3.63, 3.8) is 0 Å². The van der Waals surface area contributed by atoms with Crippen LogP contribution in [0.15, 0.2) is 18.2 Å². The van der Waals surface area contributed by atoms with E-state index in [1.54, 1.807) is 20.8 Å². The van der Waals surface area contributed by atoms with Crippen LogP contribution in [-0.4, -0.2) is 52.1 Å². The standard InChI is InChI=1S/C18H25NO8/c1-17(2,3)15(24)26-7-8-27-16(25)19-18(4,14(22)23)10-11-5-6-12(20)13(21)9-11/h5-6,9,20-21H,7-8,10H2,1-4H3,(H,19,25)(H,22,23)/t18-/m0/s1. The lowest BCUT2D eigenvalue weighted by Gasteiger charge is -2.26. The summed E-state index contributed by atoms with van der Waals surface area (Å²) >= 11 is 0. The molecule has 0 saturated heterocycles. The van der Waals surface area contributed by atoms with Crippen molar-refractivity contribution in [3.8, 4) is 11.5 Å². The summed E-state index contributed by atoms with van der Waals surface area (Å²) < 4.78 is 9.79. The Hall–Kier alpha value is -2.97. The van der Waals surface area contributed by atoms with Crippen LogP contribution >= 0.6 is 0 Å². The van der Waals surface area contributed by atoms with Crippen LogP contribution in [0.5, 0.6) is 11.5 Å². The lowest BCUT2D eigenvalue weighted by molar-refractivity contribution is -0.153. The summed E-state index contributed by atoms with van der Waals surface area (Å²) in [5.74, 6) is -2.50. The number of esters is 1. The van der Waals surface area contributed by atoms with Crippen LogP contribution < -0.4 is 5.32 Å². The van der Waals surface area contributed by atoms with Gasteiger partial charge in [0.25, 0.3) is 0 Å². The van der Waals surface area contributed by atoms with Gasteiger partial charge in [0.15, 0.2) is 11.5 Å². The molecular weight excluding hydrogens is 358 g/mol. The first kappa shape index (κ1) is 22.1. The molecule has 9 heteroatoms. The van der Waals surface area contributed by atoms with Crippen molar-refractivity contribution in [2.24, 2.45) is 5.41 Å². The van der Waals surface area contributed by atoms with Crippen molar-refractivity contribution >= 4 is 18.0 Å². The van der Waals surface area contributed by atoms with Gasteiger partial charge < -0.3 is 30.1 Å². The molecule has 1 aromatic carbocycles. The monoisotopic (exact) mass is 383 g/mol. The van der Waals surface area contributed by atoms with Crippen molar-refractivity contribution in [3.05, 3.63) is 23.8 Å². The molecule has 0 radical (unpaired) electrons. The maximum Gasteiger partial charge on any atom is 0.408 e. The van der Waals surface area contributed by atoms with Crippen LogP contribution in [0.25, 0.3) is 0 Å². The molecule has 0 aliphatic carbocycles. The first-order valence-electron chi connectivity index (χ1n) is 8.21. The van der Waals surface area contributed by atoms with Crippen LogP contribution in [0.2, 0.25) is 0 Å². The number of rotatable bonds is 7. The first-order valence-corrected chi connectivity index (χ1v) is 8.21. The van der Waals surface area contributed by atoms with Gasteiger partial charge in [-0.25, -0.2) is 9.59 Å². The third-order valence-electron chi connectivity index (χ3n) is 3.61. The number of carboxylic acid groups (broad SMARTS) is 1. The van der Waals surface area contributed by atoms with Crippen molar-refractivity contribution in [2.45, 2.75) is 39.7 Å². The molecule has 1 aromatic rings. The number of hydrogen-bond donors (Lipinski definition) is 4. The van der Waals surface area contributed by atoms with Gasteiger partial charge in [-0.05, 0) is 45.4 Å². The molecule has 0 aromatic heterocycles. The number of phenols is 2. The molecule has 0 fully saturated rings. The van der Waals surface area contributed by atoms with Crippen molar-refractivity contribution < 1.29 is 39.2 Å². The van der Waals surface area contributed by atoms with Gasteiger partial charge in [0.1, 0.15) is 18.8 Å². The van der Waals surface area contributed by atoms with Gasteiger partial charge in [-0.15, -0.1) is 0 Å². The second-order valence-electron chi connectivity index (χ2n) is 7.28. The summed E-state index contributed by atoms with van der Waals surface area (Å²) in [4.78, 5) is 35.1. The first-order chi connectivity index (χ1) is 12.3. The molecule has 0 bridgehead atoms. The predicted octanol–water partition coefficient (Wildman–Crippen LogP) is 1.80. The quantitative estimate of drug-likeness (QED) is 0.317. The molecule has 9 nitrogen and oxygen atoms in total. The van der Waals surface area contributed by atoms with E-state index in [1.807, 2.05) is 0 Å². The third-order valence-corrected chi connectivity index (χ3v) is 3.61. The van der Waals surface area contributed by atoms with Gasteiger partial charge in [0.05, 0.1) is 5.41 Å². The minimum absolute atomic E-state index is 0.154. The molecule has 4 N–H and O–H groups in total. The molecular formula is C18H25NO8. The number of benzene rings is 1. The lowest BCUT2D eigenvalue weighted by atomic mass is 9.93. The Labute approximate surface area is 156 Å². The van der Waals surface area contributed by atoms with Crippen LogP contribution in [0.3, 0.4) is 0 Å². The maximum absolute atomic E-state index is 11.9. The SMILES string of the molecule is CC(C)(C)C(=O)OCCOC(=O)N[C@@](C)(Cc1ccc(O)c(O)c1)C(=O)O. The Morgan fingerprint density at radius 1 is 1.00 bits per heavy atom. The topological polar surface area (TPSA) is 142 Å². The van der Waals surface area contributed by atoms with Crippen LogP contribution in [-0.2, 0) is 25.5 Å². The van der Waals surface area contributed by atoms with Crippen molar-refractivity contribution in [1.29, 1.82) is 0 Å². The average molecular weight is 383 g/mol. The minimum atomic E-state index is -1.72. The Balaban J connectivity index is 2.62. The highest BCUT2D eigenvalue weighted by molar-refractivity contribution is 5.84. The highest BCUT2D eigenvalue weighted by Gasteiger charge is 2.36. The van der Waals surface area contributed by atoms with E-state index in [2.05, 4.69) is 5.32 Å². The number of amides is 1. The number of carbonyl (C=O) groups excluding carboxylic acids is 2. The van der Waals surface area contributed by atoms with E-state index in [4.69, 9.17) is 9.47 Å². The molecule has 0 unspecified atom stereocenters.